The first-order chi connectivity index (χ1) is 1.91. The van der Waals surface area contributed by atoms with Crippen molar-refractivity contribution in [2.24, 2.45) is 0 Å². The molecule has 0 N–H and O–H groups in total. The van der Waals surface area contributed by atoms with Gasteiger partial charge in [0.25, 0.3) is 0 Å². The van der Waals surface area contributed by atoms with Crippen molar-refractivity contribution >= 4 is 59.4 Å². The molecule has 0 spiro atoms. The summed E-state index contributed by atoms with van der Waals surface area (Å²) in [6.07, 6.45) is 0. The van der Waals surface area contributed by atoms with E-state index in [-0.39, 0.29) is 36.2 Å². The summed E-state index contributed by atoms with van der Waals surface area (Å²) >= 11 is 10.1. The Balaban J connectivity index is -0.0000000450. The van der Waals surface area contributed by atoms with Crippen LogP contribution in [0.4, 0.5) is 0 Å². The maximum absolute atomic E-state index is 5.05. The van der Waals surface area contributed by atoms with E-state index in [9.17, 15) is 0 Å². The van der Waals surface area contributed by atoms with Crippen LogP contribution in [0.3, 0.4) is 0 Å². The van der Waals surface area contributed by atoms with E-state index in [2.05, 4.69) is 0 Å². The Morgan fingerprint density at radius 1 is 1.00 bits per heavy atom. The van der Waals surface area contributed by atoms with Crippen molar-refractivity contribution in [2.75, 3.05) is 11.8 Å². The van der Waals surface area contributed by atoms with Gasteiger partial charge in [0.05, 0.1) is 0 Å². The fourth-order valence-corrected chi connectivity index (χ4v) is 0. The van der Waals surface area contributed by atoms with Gasteiger partial charge in [-0.3, -0.25) is 0 Å². The van der Waals surface area contributed by atoms with Gasteiger partial charge in [-0.2, -0.15) is 0 Å². The zero-order valence-electron chi connectivity index (χ0n) is 2.17. The molecule has 0 saturated carbocycles. The normalized spacial score (nSPS) is 5.00. The fourth-order valence-electron chi connectivity index (χ4n) is 0. The number of alkyl halides is 2. The summed E-state index contributed by atoms with van der Waals surface area (Å²) in [5.74, 6) is 1.11. The van der Waals surface area contributed by atoms with Crippen LogP contribution in [0.15, 0.2) is 0 Å². The van der Waals surface area contributed by atoms with Crippen LogP contribution in [0.5, 0.6) is 0 Å². The van der Waals surface area contributed by atoms with Gasteiger partial charge in [0.1, 0.15) is 0 Å². The monoisotopic (exact) mass is 136 g/mol. The van der Waals surface area contributed by atoms with Gasteiger partial charge in [0.2, 0.25) is 0 Å². The zero-order valence-corrected chi connectivity index (χ0v) is 3.68. The Labute approximate surface area is 70.9 Å². The molecule has 0 aliphatic rings. The van der Waals surface area contributed by atoms with E-state index in [4.69, 9.17) is 23.2 Å². The average Bonchev–Trinajstić information content (AvgIpc) is 1.37. The molecular weight excluding hydrogens is 129 g/mol. The number of hydrogen-bond acceptors (Lipinski definition) is 0. The van der Waals surface area contributed by atoms with Crippen LogP contribution in [0, 0.1) is 0 Å². The summed E-state index contributed by atoms with van der Waals surface area (Å²) in [5, 5.41) is 0. The third kappa shape index (κ3) is 17.2. The number of halogens is 2. The van der Waals surface area contributed by atoms with E-state index < -0.39 is 0 Å². The van der Waals surface area contributed by atoms with Gasteiger partial charge < -0.3 is 0 Å². The van der Waals surface area contributed by atoms with Crippen LogP contribution in [0.2, 0.25) is 0 Å². The van der Waals surface area contributed by atoms with E-state index >= 15 is 0 Å². The van der Waals surface area contributed by atoms with Crippen LogP contribution < -0.4 is 0 Å². The van der Waals surface area contributed by atoms with Crippen molar-refractivity contribution in [1.29, 1.82) is 0 Å². The van der Waals surface area contributed by atoms with Crippen molar-refractivity contribution in [3.63, 3.8) is 0 Å². The standard InChI is InChI=1S/C2H4Cl2.Al.Li.4H/c3-1-2-4;;;;;;/h1-2H2;;;;;;. The van der Waals surface area contributed by atoms with Gasteiger partial charge in [-0.25, -0.2) is 0 Å². The van der Waals surface area contributed by atoms with Gasteiger partial charge in [-0.05, 0) is 0 Å². The molecule has 0 saturated heterocycles. The van der Waals surface area contributed by atoms with E-state index in [1.165, 1.54) is 0 Å². The molecule has 0 aromatic heterocycles. The Morgan fingerprint density at radius 2 is 1.17 bits per heavy atom. The molecule has 0 rings (SSSR count). The molecule has 0 atom stereocenters. The average molecular weight is 137 g/mol. The summed E-state index contributed by atoms with van der Waals surface area (Å²) in [6.45, 7) is 0. The summed E-state index contributed by atoms with van der Waals surface area (Å²) in [4.78, 5) is 0. The van der Waals surface area contributed by atoms with Crippen molar-refractivity contribution in [2.45, 2.75) is 0 Å². The SMILES string of the molecule is ClCCCl.[AlH3].[LiH]. The zero-order chi connectivity index (χ0) is 3.41. The van der Waals surface area contributed by atoms with Gasteiger partial charge >= 0.3 is 18.9 Å². The molecule has 34 valence electrons. The molecule has 0 aliphatic heterocycles. The molecule has 0 aromatic rings. The molecule has 0 amide bonds. The quantitative estimate of drug-likeness (QED) is 0.341. The molecule has 0 bridgehead atoms. The van der Waals surface area contributed by atoms with Crippen molar-refractivity contribution in [3.05, 3.63) is 0 Å². The van der Waals surface area contributed by atoms with Gasteiger partial charge in [0.15, 0.2) is 17.4 Å². The van der Waals surface area contributed by atoms with Gasteiger partial charge in [-0.15, -0.1) is 23.2 Å². The molecule has 0 heterocycles. The molecule has 0 nitrogen and oxygen atoms in total. The second-order valence-electron chi connectivity index (χ2n) is 0.378. The number of hydrogen-bond donors (Lipinski definition) is 0. The predicted octanol–water partition coefficient (Wildman–Crippen LogP) is -0.368. The molecular formula is C2H8AlCl2Li. The predicted molar refractivity (Wildman–Crippen MR) is 38.5 cm³/mol. The van der Waals surface area contributed by atoms with Crippen molar-refractivity contribution in [3.8, 4) is 0 Å². The van der Waals surface area contributed by atoms with Crippen LogP contribution in [0.1, 0.15) is 0 Å². The summed E-state index contributed by atoms with van der Waals surface area (Å²) in [7, 11) is 0. The minimum absolute atomic E-state index is 0. The number of rotatable bonds is 1. The molecule has 0 unspecified atom stereocenters. The second kappa shape index (κ2) is 15.9. The van der Waals surface area contributed by atoms with E-state index in [1.807, 2.05) is 0 Å². The minimum atomic E-state index is 0. The maximum atomic E-state index is 5.05. The van der Waals surface area contributed by atoms with Gasteiger partial charge in [0, 0.05) is 11.8 Å². The van der Waals surface area contributed by atoms with Crippen LogP contribution in [0.25, 0.3) is 0 Å². The van der Waals surface area contributed by atoms with Crippen molar-refractivity contribution < 1.29 is 0 Å². The first kappa shape index (κ1) is 15.6. The Morgan fingerprint density at radius 3 is 1.17 bits per heavy atom. The van der Waals surface area contributed by atoms with E-state index in [1.54, 1.807) is 0 Å². The molecule has 0 fully saturated rings. The van der Waals surface area contributed by atoms with E-state index in [0.29, 0.717) is 11.8 Å². The molecule has 0 aromatic carbocycles. The second-order valence-corrected chi connectivity index (χ2v) is 1.13. The first-order valence-corrected chi connectivity index (χ1v) is 2.10. The summed E-state index contributed by atoms with van der Waals surface area (Å²) in [5.41, 5.74) is 0. The van der Waals surface area contributed by atoms with E-state index in [0.717, 1.165) is 0 Å². The first-order valence-electron chi connectivity index (χ1n) is 1.03. The Kier molecular flexibility index (Phi) is 41.5. The van der Waals surface area contributed by atoms with Crippen molar-refractivity contribution in [1.82, 2.24) is 0 Å². The third-order valence-corrected chi connectivity index (χ3v) is 0.643. The third-order valence-electron chi connectivity index (χ3n) is 0.0714. The topological polar surface area (TPSA) is 0 Å². The molecule has 0 radical (unpaired) electrons. The van der Waals surface area contributed by atoms with Crippen LogP contribution in [-0.2, 0) is 0 Å². The molecule has 0 aliphatic carbocycles. The van der Waals surface area contributed by atoms with Crippen LogP contribution in [-0.4, -0.2) is 48.0 Å². The van der Waals surface area contributed by atoms with Gasteiger partial charge in [-0.1, -0.05) is 0 Å². The fraction of sp³-hybridized carbons (Fsp3) is 1.00. The Bertz CT molecular complexity index is 13.5. The Hall–Kier alpha value is 1.71. The summed E-state index contributed by atoms with van der Waals surface area (Å²) in [6, 6.07) is 0. The molecule has 4 heteroatoms. The summed E-state index contributed by atoms with van der Waals surface area (Å²) < 4.78 is 0. The molecule has 6 heavy (non-hydrogen) atoms. The van der Waals surface area contributed by atoms with Crippen LogP contribution >= 0.6 is 23.2 Å².